The second kappa shape index (κ2) is 10.3. The van der Waals surface area contributed by atoms with Crippen molar-refractivity contribution < 1.29 is 22.7 Å². The third kappa shape index (κ3) is 4.88. The van der Waals surface area contributed by atoms with Crippen LogP contribution in [0.3, 0.4) is 0 Å². The van der Waals surface area contributed by atoms with Crippen molar-refractivity contribution in [1.29, 1.82) is 0 Å². The average Bonchev–Trinajstić information content (AvgIpc) is 2.85. The Hall–Kier alpha value is -2.72. The van der Waals surface area contributed by atoms with E-state index in [2.05, 4.69) is 22.5 Å². The molecule has 8 nitrogen and oxygen atoms in total. The minimum absolute atomic E-state index is 0.0376. The molecule has 3 aromatic rings. The third-order valence-electron chi connectivity index (χ3n) is 5.63. The number of sulfone groups is 1. The van der Waals surface area contributed by atoms with Crippen LogP contribution in [-0.2, 0) is 25.7 Å². The number of hydrogen-bond donors (Lipinski definition) is 2. The van der Waals surface area contributed by atoms with Crippen molar-refractivity contribution in [2.24, 2.45) is 0 Å². The standard InChI is InChI=1S/C24H26ClN3O5S/c1-3-4-15-5-7-20(18(11-15)24(29)32-2)28-23-17-12-16(25)6-8-19(17)27-13-21(23)34(30,31)22-14-26-9-10-33-22/h5-8,11-13,22,26H,3-4,9-10,14H2,1-2H3,(H,27,28). The lowest BCUT2D eigenvalue weighted by Crippen LogP contribution is -2.43. The number of carbonyl (C=O) groups excluding carboxylic acids is 1. The summed E-state index contributed by atoms with van der Waals surface area (Å²) in [4.78, 5) is 16.9. The fraction of sp³-hybridized carbons (Fsp3) is 0.333. The summed E-state index contributed by atoms with van der Waals surface area (Å²) in [6, 6.07) is 10.5. The van der Waals surface area contributed by atoms with Crippen LogP contribution >= 0.6 is 11.6 Å². The molecule has 10 heteroatoms. The number of morpholine rings is 1. The maximum atomic E-state index is 13.6. The average molecular weight is 504 g/mol. The fourth-order valence-corrected chi connectivity index (χ4v) is 5.64. The molecule has 1 saturated heterocycles. The highest BCUT2D eigenvalue weighted by atomic mass is 35.5. The van der Waals surface area contributed by atoms with Gasteiger partial charge in [-0.05, 0) is 42.3 Å². The lowest BCUT2D eigenvalue weighted by molar-refractivity contribution is 0.0601. The molecule has 2 aromatic carbocycles. The first-order chi connectivity index (χ1) is 16.3. The number of nitrogens with one attached hydrogen (secondary N) is 2. The van der Waals surface area contributed by atoms with Gasteiger partial charge in [-0.15, -0.1) is 0 Å². The highest BCUT2D eigenvalue weighted by molar-refractivity contribution is 7.92. The molecule has 2 N–H and O–H groups in total. The Kier molecular flexibility index (Phi) is 7.37. The molecule has 1 aliphatic heterocycles. The molecule has 1 fully saturated rings. The molecule has 1 aromatic heterocycles. The van der Waals surface area contributed by atoms with E-state index in [0.29, 0.717) is 33.7 Å². The number of methoxy groups -OCH3 is 1. The van der Waals surface area contributed by atoms with Crippen molar-refractivity contribution in [3.63, 3.8) is 0 Å². The van der Waals surface area contributed by atoms with Gasteiger partial charge < -0.3 is 20.1 Å². The number of nitrogens with zero attached hydrogens (tertiary/aromatic N) is 1. The number of fused-ring (bicyclic) bond motifs is 1. The summed E-state index contributed by atoms with van der Waals surface area (Å²) >= 11 is 6.25. The van der Waals surface area contributed by atoms with Crippen molar-refractivity contribution in [3.05, 3.63) is 58.7 Å². The number of anilines is 2. The molecule has 1 unspecified atom stereocenters. The maximum Gasteiger partial charge on any atom is 0.339 e. The molecule has 0 spiro atoms. The molecule has 1 aliphatic rings. The van der Waals surface area contributed by atoms with Crippen molar-refractivity contribution >= 4 is 49.7 Å². The first-order valence-electron chi connectivity index (χ1n) is 11.0. The number of carbonyl (C=O) groups is 1. The van der Waals surface area contributed by atoms with Crippen LogP contribution in [-0.4, -0.2) is 51.6 Å². The molecular formula is C24H26ClN3O5S. The zero-order valence-electron chi connectivity index (χ0n) is 18.9. The van der Waals surface area contributed by atoms with E-state index in [-0.39, 0.29) is 23.7 Å². The first-order valence-corrected chi connectivity index (χ1v) is 12.9. The molecule has 4 rings (SSSR count). The van der Waals surface area contributed by atoms with Crippen LogP contribution in [0.4, 0.5) is 11.4 Å². The van der Waals surface area contributed by atoms with Gasteiger partial charge in [-0.3, -0.25) is 4.98 Å². The van der Waals surface area contributed by atoms with Gasteiger partial charge in [0.2, 0.25) is 9.84 Å². The Balaban J connectivity index is 1.90. The van der Waals surface area contributed by atoms with Crippen LogP contribution in [0.25, 0.3) is 10.9 Å². The second-order valence-electron chi connectivity index (χ2n) is 7.95. The number of aromatic nitrogens is 1. The highest BCUT2D eigenvalue weighted by Gasteiger charge is 2.33. The zero-order chi connectivity index (χ0) is 24.3. The number of rotatable bonds is 7. The fourth-order valence-electron chi connectivity index (χ4n) is 3.93. The van der Waals surface area contributed by atoms with Crippen LogP contribution in [0, 0.1) is 0 Å². The van der Waals surface area contributed by atoms with Gasteiger partial charge in [0.1, 0.15) is 4.90 Å². The topological polar surface area (TPSA) is 107 Å². The molecular weight excluding hydrogens is 478 g/mol. The van der Waals surface area contributed by atoms with Crippen LogP contribution in [0.2, 0.25) is 5.02 Å². The molecule has 2 heterocycles. The number of pyridine rings is 1. The first kappa shape index (κ1) is 24.4. The summed E-state index contributed by atoms with van der Waals surface area (Å²) in [6.45, 7) is 3.07. The van der Waals surface area contributed by atoms with E-state index in [9.17, 15) is 13.2 Å². The Morgan fingerprint density at radius 3 is 2.82 bits per heavy atom. The van der Waals surface area contributed by atoms with Crippen molar-refractivity contribution in [3.8, 4) is 0 Å². The van der Waals surface area contributed by atoms with Crippen LogP contribution < -0.4 is 10.6 Å². The maximum absolute atomic E-state index is 13.6. The molecule has 0 aliphatic carbocycles. The van der Waals surface area contributed by atoms with Crippen molar-refractivity contribution in [2.45, 2.75) is 30.1 Å². The zero-order valence-corrected chi connectivity index (χ0v) is 20.5. The number of benzene rings is 2. The van der Waals surface area contributed by atoms with E-state index in [4.69, 9.17) is 21.1 Å². The molecule has 0 saturated carbocycles. The van der Waals surface area contributed by atoms with E-state index in [1.165, 1.54) is 13.3 Å². The van der Waals surface area contributed by atoms with Gasteiger partial charge in [0.25, 0.3) is 0 Å². The van der Waals surface area contributed by atoms with Gasteiger partial charge in [-0.2, -0.15) is 0 Å². The Morgan fingerprint density at radius 2 is 2.12 bits per heavy atom. The molecule has 34 heavy (non-hydrogen) atoms. The van der Waals surface area contributed by atoms with Crippen LogP contribution in [0.1, 0.15) is 29.3 Å². The van der Waals surface area contributed by atoms with Gasteiger partial charge in [0.05, 0.1) is 36.2 Å². The summed E-state index contributed by atoms with van der Waals surface area (Å²) in [6.07, 6.45) is 3.03. The minimum Gasteiger partial charge on any atom is -0.465 e. The van der Waals surface area contributed by atoms with Gasteiger partial charge >= 0.3 is 5.97 Å². The van der Waals surface area contributed by atoms with E-state index < -0.39 is 21.2 Å². The summed E-state index contributed by atoms with van der Waals surface area (Å²) in [5.74, 6) is -0.527. The normalized spacial score (nSPS) is 16.4. The van der Waals surface area contributed by atoms with Gasteiger partial charge in [-0.1, -0.05) is 31.0 Å². The predicted octanol–water partition coefficient (Wildman–Crippen LogP) is 4.09. The number of aryl methyl sites for hydroxylation is 1. The molecule has 1 atom stereocenters. The Labute approximate surface area is 203 Å². The minimum atomic E-state index is -3.94. The number of halogens is 1. The summed E-state index contributed by atoms with van der Waals surface area (Å²) in [5.41, 5.74) is 1.46. The van der Waals surface area contributed by atoms with Gasteiger partial charge in [0, 0.05) is 29.7 Å². The monoisotopic (exact) mass is 503 g/mol. The van der Waals surface area contributed by atoms with Crippen LogP contribution in [0.15, 0.2) is 47.5 Å². The smallest absolute Gasteiger partial charge is 0.339 e. The molecule has 180 valence electrons. The number of esters is 1. The number of ether oxygens (including phenoxy) is 2. The molecule has 0 amide bonds. The van der Waals surface area contributed by atoms with Crippen LogP contribution in [0.5, 0.6) is 0 Å². The second-order valence-corrected chi connectivity index (χ2v) is 10.4. The number of hydrogen-bond acceptors (Lipinski definition) is 8. The van der Waals surface area contributed by atoms with Gasteiger partial charge in [-0.25, -0.2) is 13.2 Å². The van der Waals surface area contributed by atoms with Crippen molar-refractivity contribution in [2.75, 3.05) is 32.1 Å². The van der Waals surface area contributed by atoms with E-state index in [1.54, 1.807) is 30.3 Å². The summed E-state index contributed by atoms with van der Waals surface area (Å²) in [5, 5.41) is 7.17. The summed E-state index contributed by atoms with van der Waals surface area (Å²) < 4.78 is 37.7. The SMILES string of the molecule is CCCc1ccc(Nc2c(S(=O)(=O)C3CNCCO3)cnc3ccc(Cl)cc23)c(C(=O)OC)c1. The summed E-state index contributed by atoms with van der Waals surface area (Å²) in [7, 11) is -2.63. The lowest BCUT2D eigenvalue weighted by Gasteiger charge is -2.25. The van der Waals surface area contributed by atoms with Crippen molar-refractivity contribution in [1.82, 2.24) is 10.3 Å². The quantitative estimate of drug-likeness (QED) is 0.464. The largest absolute Gasteiger partial charge is 0.465 e. The van der Waals surface area contributed by atoms with E-state index in [1.807, 2.05) is 6.07 Å². The highest BCUT2D eigenvalue weighted by Crippen LogP contribution is 2.36. The molecule has 0 bridgehead atoms. The lowest BCUT2D eigenvalue weighted by atomic mass is 10.0. The van der Waals surface area contributed by atoms with Gasteiger partial charge in [0.15, 0.2) is 5.44 Å². The molecule has 0 radical (unpaired) electrons. The Morgan fingerprint density at radius 1 is 1.29 bits per heavy atom. The van der Waals surface area contributed by atoms with E-state index in [0.717, 1.165) is 18.4 Å². The third-order valence-corrected chi connectivity index (χ3v) is 7.78. The van der Waals surface area contributed by atoms with E-state index >= 15 is 0 Å². The predicted molar refractivity (Wildman–Crippen MR) is 132 cm³/mol. The Bertz CT molecular complexity index is 1320.